The smallest absolute Gasteiger partial charge is 0.340 e. The fourth-order valence-electron chi connectivity index (χ4n) is 4.26. The van der Waals surface area contributed by atoms with Crippen LogP contribution >= 0.6 is 0 Å². The molecule has 1 aliphatic carbocycles. The number of hydrogen-bond donors (Lipinski definition) is 0. The number of hydrogen-bond acceptors (Lipinski definition) is 4. The van der Waals surface area contributed by atoms with Crippen molar-refractivity contribution in [1.29, 1.82) is 0 Å². The standard InChI is InChI=1S/C23H33F3N4O2/c1-18(2)28-11-13-30(14-12-28)22(32)17-27-7-9-29(10-8-27)21(31)16-19-5-3-4-6-20(15-19)23(24,25)26/h3-4,6,15,18H,5,7-14,16-17H2,1-2H3. The number of carbonyl (C=O) groups is 2. The molecule has 0 aromatic carbocycles. The number of amides is 2. The first-order chi connectivity index (χ1) is 15.1. The van der Waals surface area contributed by atoms with E-state index < -0.39 is 11.7 Å². The Morgan fingerprint density at radius 2 is 1.53 bits per heavy atom. The second-order valence-corrected chi connectivity index (χ2v) is 8.90. The molecule has 178 valence electrons. The van der Waals surface area contributed by atoms with Crippen LogP contribution in [0.5, 0.6) is 0 Å². The van der Waals surface area contributed by atoms with Crippen LogP contribution in [0.4, 0.5) is 13.2 Å². The maximum atomic E-state index is 13.0. The van der Waals surface area contributed by atoms with Gasteiger partial charge in [0.25, 0.3) is 0 Å². The second-order valence-electron chi connectivity index (χ2n) is 8.90. The molecule has 2 fully saturated rings. The molecule has 0 bridgehead atoms. The lowest BCUT2D eigenvalue weighted by Crippen LogP contribution is -2.55. The molecule has 3 rings (SSSR count). The fraction of sp³-hybridized carbons (Fsp3) is 0.652. The zero-order valence-electron chi connectivity index (χ0n) is 18.9. The molecular weight excluding hydrogens is 421 g/mol. The molecule has 0 spiro atoms. The normalized spacial score (nSPS) is 21.4. The molecule has 2 aliphatic heterocycles. The van der Waals surface area contributed by atoms with Gasteiger partial charge in [-0.2, -0.15) is 13.2 Å². The highest BCUT2D eigenvalue weighted by atomic mass is 19.4. The number of nitrogens with zero attached hydrogens (tertiary/aromatic N) is 4. The number of alkyl halides is 3. The van der Waals surface area contributed by atoms with E-state index in [1.807, 2.05) is 4.90 Å². The van der Waals surface area contributed by atoms with Crippen LogP contribution in [-0.2, 0) is 9.59 Å². The van der Waals surface area contributed by atoms with Crippen molar-refractivity contribution in [3.8, 4) is 0 Å². The first kappa shape index (κ1) is 24.5. The van der Waals surface area contributed by atoms with Gasteiger partial charge in [0.05, 0.1) is 12.1 Å². The molecule has 0 radical (unpaired) electrons. The average Bonchev–Trinajstić information content (AvgIpc) is 3.00. The van der Waals surface area contributed by atoms with E-state index in [0.717, 1.165) is 38.3 Å². The summed E-state index contributed by atoms with van der Waals surface area (Å²) in [4.78, 5) is 33.3. The molecule has 3 aliphatic rings. The van der Waals surface area contributed by atoms with Gasteiger partial charge >= 0.3 is 6.18 Å². The van der Waals surface area contributed by atoms with E-state index >= 15 is 0 Å². The van der Waals surface area contributed by atoms with Crippen molar-refractivity contribution in [3.05, 3.63) is 35.5 Å². The summed E-state index contributed by atoms with van der Waals surface area (Å²) in [5, 5.41) is 0. The van der Waals surface area contributed by atoms with Crippen LogP contribution < -0.4 is 0 Å². The zero-order chi connectivity index (χ0) is 23.3. The number of carbonyl (C=O) groups excluding carboxylic acids is 2. The van der Waals surface area contributed by atoms with Crippen molar-refractivity contribution < 1.29 is 22.8 Å². The number of allylic oxidation sites excluding steroid dienone is 5. The third-order valence-electron chi connectivity index (χ3n) is 6.34. The molecule has 2 heterocycles. The highest BCUT2D eigenvalue weighted by molar-refractivity contribution is 5.80. The van der Waals surface area contributed by atoms with Gasteiger partial charge in [-0.05, 0) is 26.3 Å². The molecule has 6 nitrogen and oxygen atoms in total. The van der Waals surface area contributed by atoms with Gasteiger partial charge in [0.2, 0.25) is 11.8 Å². The molecule has 0 unspecified atom stereocenters. The maximum Gasteiger partial charge on any atom is 0.416 e. The Hall–Kier alpha value is -2.13. The Labute approximate surface area is 188 Å². The summed E-state index contributed by atoms with van der Waals surface area (Å²) in [7, 11) is 0. The van der Waals surface area contributed by atoms with Gasteiger partial charge in [-0.1, -0.05) is 23.8 Å². The zero-order valence-corrected chi connectivity index (χ0v) is 18.9. The van der Waals surface area contributed by atoms with Gasteiger partial charge in [-0.15, -0.1) is 0 Å². The molecule has 0 N–H and O–H groups in total. The molecular formula is C23H33F3N4O2. The van der Waals surface area contributed by atoms with Gasteiger partial charge in [0, 0.05) is 64.8 Å². The molecule has 2 saturated heterocycles. The lowest BCUT2D eigenvalue weighted by Gasteiger charge is -2.39. The minimum atomic E-state index is -4.43. The summed E-state index contributed by atoms with van der Waals surface area (Å²) in [6.45, 7) is 10.1. The largest absolute Gasteiger partial charge is 0.416 e. The van der Waals surface area contributed by atoms with E-state index in [1.165, 1.54) is 6.08 Å². The Morgan fingerprint density at radius 1 is 0.938 bits per heavy atom. The first-order valence-corrected chi connectivity index (χ1v) is 11.3. The van der Waals surface area contributed by atoms with Crippen molar-refractivity contribution in [2.75, 3.05) is 58.9 Å². The fourth-order valence-corrected chi connectivity index (χ4v) is 4.26. The summed E-state index contributed by atoms with van der Waals surface area (Å²) in [5.41, 5.74) is -0.267. The van der Waals surface area contributed by atoms with E-state index in [9.17, 15) is 22.8 Å². The van der Waals surface area contributed by atoms with Crippen LogP contribution in [0.15, 0.2) is 35.5 Å². The van der Waals surface area contributed by atoms with Crippen LogP contribution in [0.2, 0.25) is 0 Å². The van der Waals surface area contributed by atoms with Gasteiger partial charge in [0.15, 0.2) is 0 Å². The Morgan fingerprint density at radius 3 is 2.12 bits per heavy atom. The molecule has 2 amide bonds. The van der Waals surface area contributed by atoms with Crippen LogP contribution in [0.1, 0.15) is 26.7 Å². The molecule has 9 heteroatoms. The van der Waals surface area contributed by atoms with Crippen LogP contribution in [0, 0.1) is 0 Å². The van der Waals surface area contributed by atoms with Crippen LogP contribution in [-0.4, -0.2) is 103 Å². The summed E-state index contributed by atoms with van der Waals surface area (Å²) in [6, 6.07) is 0.485. The Bertz CT molecular complexity index is 773. The van der Waals surface area contributed by atoms with E-state index in [2.05, 4.69) is 23.6 Å². The van der Waals surface area contributed by atoms with E-state index in [1.54, 1.807) is 11.0 Å². The highest BCUT2D eigenvalue weighted by Gasteiger charge is 2.33. The van der Waals surface area contributed by atoms with Gasteiger partial charge in [-0.3, -0.25) is 19.4 Å². The minimum Gasteiger partial charge on any atom is -0.340 e. The number of rotatable bonds is 5. The molecule has 0 atom stereocenters. The van der Waals surface area contributed by atoms with Crippen molar-refractivity contribution in [2.24, 2.45) is 0 Å². The van der Waals surface area contributed by atoms with Gasteiger partial charge < -0.3 is 9.80 Å². The molecule has 32 heavy (non-hydrogen) atoms. The predicted molar refractivity (Wildman–Crippen MR) is 117 cm³/mol. The average molecular weight is 455 g/mol. The predicted octanol–water partition coefficient (Wildman–Crippen LogP) is 2.45. The van der Waals surface area contributed by atoms with Crippen LogP contribution in [0.3, 0.4) is 0 Å². The summed E-state index contributed by atoms with van der Waals surface area (Å²) in [5.74, 6) is -0.0427. The SMILES string of the molecule is CC(C)N1CCN(C(=O)CN2CCN(C(=O)CC3=CC(C(F)(F)F)=CC=CC3)CC2)CC1. The first-order valence-electron chi connectivity index (χ1n) is 11.3. The second kappa shape index (κ2) is 10.7. The third-order valence-corrected chi connectivity index (χ3v) is 6.34. The topological polar surface area (TPSA) is 47.1 Å². The lowest BCUT2D eigenvalue weighted by molar-refractivity contribution is -0.136. The quantitative estimate of drug-likeness (QED) is 0.640. The minimum absolute atomic E-state index is 0.0170. The highest BCUT2D eigenvalue weighted by Crippen LogP contribution is 2.30. The summed E-state index contributed by atoms with van der Waals surface area (Å²) < 4.78 is 39.1. The monoisotopic (exact) mass is 454 g/mol. The number of halogens is 3. The number of piperazine rings is 2. The van der Waals surface area contributed by atoms with Crippen molar-refractivity contribution in [3.63, 3.8) is 0 Å². The molecule has 0 aromatic heterocycles. The van der Waals surface area contributed by atoms with Gasteiger partial charge in [0.1, 0.15) is 0 Å². The van der Waals surface area contributed by atoms with Gasteiger partial charge in [-0.25, -0.2) is 0 Å². The van der Waals surface area contributed by atoms with E-state index in [0.29, 0.717) is 50.8 Å². The third kappa shape index (κ3) is 6.68. The van der Waals surface area contributed by atoms with Crippen molar-refractivity contribution in [2.45, 2.75) is 38.9 Å². The maximum absolute atomic E-state index is 13.0. The Kier molecular flexibility index (Phi) is 8.16. The lowest BCUT2D eigenvalue weighted by atomic mass is 10.1. The molecule has 0 saturated carbocycles. The van der Waals surface area contributed by atoms with E-state index in [-0.39, 0.29) is 18.2 Å². The Balaban J connectivity index is 1.44. The van der Waals surface area contributed by atoms with Crippen LogP contribution in [0.25, 0.3) is 0 Å². The summed E-state index contributed by atoms with van der Waals surface area (Å²) >= 11 is 0. The van der Waals surface area contributed by atoms with Crippen molar-refractivity contribution >= 4 is 11.8 Å². The van der Waals surface area contributed by atoms with Crippen molar-refractivity contribution in [1.82, 2.24) is 19.6 Å². The molecule has 0 aromatic rings. The van der Waals surface area contributed by atoms with E-state index in [4.69, 9.17) is 0 Å². The summed E-state index contributed by atoms with van der Waals surface area (Å²) in [6.07, 6.45) is 1.04.